The Hall–Kier alpha value is -1.66. The van der Waals surface area contributed by atoms with Crippen LogP contribution in [0.15, 0.2) is 22.8 Å². The van der Waals surface area contributed by atoms with Gasteiger partial charge in [0.1, 0.15) is 13.2 Å². The highest BCUT2D eigenvalue weighted by molar-refractivity contribution is 9.10. The van der Waals surface area contributed by atoms with Crippen LogP contribution in [0.4, 0.5) is 0 Å². The number of halogens is 1. The molecule has 1 aromatic heterocycles. The fourth-order valence-electron chi connectivity index (χ4n) is 3.88. The number of fused-ring (bicyclic) bond motifs is 1. The van der Waals surface area contributed by atoms with Gasteiger partial charge in [0.2, 0.25) is 0 Å². The summed E-state index contributed by atoms with van der Waals surface area (Å²) >= 11 is 3.71. The van der Waals surface area contributed by atoms with Gasteiger partial charge in [-0.3, -0.25) is 9.59 Å². The molecule has 1 heterocycles. The molecule has 2 aromatic rings. The van der Waals surface area contributed by atoms with Crippen molar-refractivity contribution in [1.29, 1.82) is 0 Å². The average molecular weight is 422 g/mol. The number of carbonyl (C=O) groups is 2. The molecule has 0 unspecified atom stereocenters. The van der Waals surface area contributed by atoms with Crippen molar-refractivity contribution in [3.05, 3.63) is 33.9 Å². The lowest BCUT2D eigenvalue weighted by molar-refractivity contribution is -0.143. The highest BCUT2D eigenvalue weighted by atomic mass is 79.9. The van der Waals surface area contributed by atoms with E-state index >= 15 is 0 Å². The maximum atomic E-state index is 12.1. The number of aliphatic hydroxyl groups excluding tert-OH is 1. The Morgan fingerprint density at radius 2 is 2.00 bits per heavy atom. The van der Waals surface area contributed by atoms with Crippen molar-refractivity contribution in [1.82, 2.24) is 4.57 Å². The van der Waals surface area contributed by atoms with Crippen LogP contribution in [0.2, 0.25) is 0 Å². The van der Waals surface area contributed by atoms with Crippen LogP contribution in [0.1, 0.15) is 60.9 Å². The molecule has 5 nitrogen and oxygen atoms in total. The third kappa shape index (κ3) is 3.71. The molecule has 1 N–H and O–H groups in total. The van der Waals surface area contributed by atoms with Crippen LogP contribution in [0.3, 0.4) is 0 Å². The number of ether oxygens (including phenoxy) is 1. The van der Waals surface area contributed by atoms with E-state index in [9.17, 15) is 9.59 Å². The van der Waals surface area contributed by atoms with E-state index in [1.165, 1.54) is 24.8 Å². The second kappa shape index (κ2) is 8.35. The van der Waals surface area contributed by atoms with Gasteiger partial charge in [0.25, 0.3) is 0 Å². The van der Waals surface area contributed by atoms with E-state index in [-0.39, 0.29) is 18.3 Å². The van der Waals surface area contributed by atoms with Crippen molar-refractivity contribution in [3.63, 3.8) is 0 Å². The third-order valence-corrected chi connectivity index (χ3v) is 5.96. The lowest BCUT2D eigenvalue weighted by Crippen LogP contribution is -2.14. The van der Waals surface area contributed by atoms with Gasteiger partial charge in [-0.25, -0.2) is 0 Å². The minimum atomic E-state index is -0.527. The Balaban J connectivity index is 2.12. The van der Waals surface area contributed by atoms with Crippen LogP contribution in [0.5, 0.6) is 0 Å². The zero-order chi connectivity index (χ0) is 18.7. The number of aliphatic hydroxyl groups is 1. The van der Waals surface area contributed by atoms with E-state index in [1.807, 2.05) is 10.6 Å². The molecule has 0 amide bonds. The fourth-order valence-corrected chi connectivity index (χ4v) is 4.73. The number of benzene rings is 1. The van der Waals surface area contributed by atoms with Gasteiger partial charge in [-0.1, -0.05) is 31.4 Å². The van der Waals surface area contributed by atoms with Gasteiger partial charge in [-0.2, -0.15) is 0 Å². The largest absolute Gasteiger partial charge is 0.465 e. The van der Waals surface area contributed by atoms with Gasteiger partial charge in [-0.15, -0.1) is 0 Å². The molecule has 6 heteroatoms. The van der Waals surface area contributed by atoms with Crippen molar-refractivity contribution < 1.29 is 19.4 Å². The van der Waals surface area contributed by atoms with Crippen LogP contribution in [0, 0.1) is 0 Å². The number of ketones is 1. The second-order valence-corrected chi connectivity index (χ2v) is 7.49. The van der Waals surface area contributed by atoms with Gasteiger partial charge in [0.15, 0.2) is 5.78 Å². The number of esters is 1. The van der Waals surface area contributed by atoms with Crippen molar-refractivity contribution in [2.24, 2.45) is 0 Å². The first-order valence-corrected chi connectivity index (χ1v) is 9.97. The van der Waals surface area contributed by atoms with E-state index in [0.717, 1.165) is 28.3 Å². The SMILES string of the molecule is CCOC(=O)Cn1c(Br)c(C2CCCCC2)c2ccc(C(=O)CO)cc21. The summed E-state index contributed by atoms with van der Waals surface area (Å²) in [7, 11) is 0. The number of rotatable bonds is 6. The summed E-state index contributed by atoms with van der Waals surface area (Å²) in [6.07, 6.45) is 5.96. The summed E-state index contributed by atoms with van der Waals surface area (Å²) in [6, 6.07) is 5.47. The van der Waals surface area contributed by atoms with Crippen molar-refractivity contribution in [2.45, 2.75) is 51.5 Å². The maximum Gasteiger partial charge on any atom is 0.325 e. The number of nitrogens with zero attached hydrogens (tertiary/aromatic N) is 1. The first-order valence-electron chi connectivity index (χ1n) is 9.18. The topological polar surface area (TPSA) is 68.5 Å². The number of Topliss-reactive ketones (excluding diaryl/α,β-unsaturated/α-hetero) is 1. The maximum absolute atomic E-state index is 12.1. The van der Waals surface area contributed by atoms with Gasteiger partial charge in [-0.05, 0) is 53.2 Å². The molecule has 1 saturated carbocycles. The fraction of sp³-hybridized carbons (Fsp3) is 0.500. The molecule has 26 heavy (non-hydrogen) atoms. The molecule has 0 spiro atoms. The highest BCUT2D eigenvalue weighted by Crippen LogP contribution is 2.42. The lowest BCUT2D eigenvalue weighted by atomic mass is 9.84. The van der Waals surface area contributed by atoms with E-state index in [2.05, 4.69) is 15.9 Å². The predicted molar refractivity (Wildman–Crippen MR) is 104 cm³/mol. The second-order valence-electron chi connectivity index (χ2n) is 6.74. The third-order valence-electron chi connectivity index (χ3n) is 5.11. The number of aromatic nitrogens is 1. The summed E-state index contributed by atoms with van der Waals surface area (Å²) in [5, 5.41) is 10.2. The van der Waals surface area contributed by atoms with Crippen LogP contribution in [0.25, 0.3) is 10.9 Å². The van der Waals surface area contributed by atoms with E-state index in [1.54, 1.807) is 19.1 Å². The summed E-state index contributed by atoms with van der Waals surface area (Å²) in [5.41, 5.74) is 2.49. The Kier molecular flexibility index (Phi) is 6.14. The molecule has 0 atom stereocenters. The van der Waals surface area contributed by atoms with Gasteiger partial charge < -0.3 is 14.4 Å². The molecular formula is C20H24BrNO4. The number of hydrogen-bond acceptors (Lipinski definition) is 4. The smallest absolute Gasteiger partial charge is 0.325 e. The van der Waals surface area contributed by atoms with Crippen LogP contribution >= 0.6 is 15.9 Å². The Bertz CT molecular complexity index is 821. The normalized spacial score (nSPS) is 15.3. The zero-order valence-electron chi connectivity index (χ0n) is 15.0. The van der Waals surface area contributed by atoms with Crippen molar-refractivity contribution >= 4 is 38.6 Å². The summed E-state index contributed by atoms with van der Waals surface area (Å²) in [6.45, 7) is 1.68. The molecule has 1 aromatic carbocycles. The Morgan fingerprint density at radius 3 is 2.65 bits per heavy atom. The first kappa shape index (κ1) is 19.1. The summed E-state index contributed by atoms with van der Waals surface area (Å²) in [5.74, 6) is -0.186. The molecule has 1 fully saturated rings. The summed E-state index contributed by atoms with van der Waals surface area (Å²) in [4.78, 5) is 24.0. The van der Waals surface area contributed by atoms with Crippen LogP contribution < -0.4 is 0 Å². The van der Waals surface area contributed by atoms with Gasteiger partial charge in [0.05, 0.1) is 16.7 Å². The van der Waals surface area contributed by atoms with Gasteiger partial charge >= 0.3 is 5.97 Å². The number of hydrogen-bond donors (Lipinski definition) is 1. The average Bonchev–Trinajstić information content (AvgIpc) is 2.93. The lowest BCUT2D eigenvalue weighted by Gasteiger charge is -2.22. The molecule has 1 aliphatic rings. The molecule has 1 aliphatic carbocycles. The van der Waals surface area contributed by atoms with Crippen molar-refractivity contribution in [3.8, 4) is 0 Å². The molecular weight excluding hydrogens is 398 g/mol. The quantitative estimate of drug-likeness (QED) is 0.560. The monoisotopic (exact) mass is 421 g/mol. The van der Waals surface area contributed by atoms with E-state index < -0.39 is 6.61 Å². The van der Waals surface area contributed by atoms with Gasteiger partial charge in [0, 0.05) is 10.9 Å². The predicted octanol–water partition coefficient (Wildman–Crippen LogP) is 4.19. The molecule has 0 bridgehead atoms. The molecule has 0 saturated heterocycles. The first-order chi connectivity index (χ1) is 12.6. The number of carbonyl (C=O) groups excluding carboxylic acids is 2. The zero-order valence-corrected chi connectivity index (χ0v) is 16.5. The minimum Gasteiger partial charge on any atom is -0.465 e. The molecule has 140 valence electrons. The van der Waals surface area contributed by atoms with Crippen LogP contribution in [-0.2, 0) is 16.1 Å². The van der Waals surface area contributed by atoms with E-state index in [0.29, 0.717) is 18.1 Å². The molecule has 0 aliphatic heterocycles. The van der Waals surface area contributed by atoms with Crippen molar-refractivity contribution in [2.75, 3.05) is 13.2 Å². The Labute approximate surface area is 161 Å². The minimum absolute atomic E-state index is 0.0917. The summed E-state index contributed by atoms with van der Waals surface area (Å²) < 4.78 is 7.89. The Morgan fingerprint density at radius 1 is 1.27 bits per heavy atom. The highest BCUT2D eigenvalue weighted by Gasteiger charge is 2.26. The molecule has 3 rings (SSSR count). The standard InChI is InChI=1S/C20H24BrNO4/c1-2-26-18(25)11-22-16-10-14(17(24)12-23)8-9-15(16)19(20(22)21)13-6-4-3-5-7-13/h8-10,13,23H,2-7,11-12H2,1H3. The van der Waals surface area contributed by atoms with Crippen LogP contribution in [-0.4, -0.2) is 34.6 Å². The van der Waals surface area contributed by atoms with E-state index in [4.69, 9.17) is 9.84 Å². The molecule has 0 radical (unpaired) electrons.